The summed E-state index contributed by atoms with van der Waals surface area (Å²) in [5.74, 6) is -2.07. The van der Waals surface area contributed by atoms with Gasteiger partial charge in [0.1, 0.15) is 11.2 Å². The molecular formula is C29H32Cl2FN3O4. The fourth-order valence-corrected chi connectivity index (χ4v) is 7.93. The second-order valence-corrected chi connectivity index (χ2v) is 12.1. The Morgan fingerprint density at radius 3 is 2.67 bits per heavy atom. The average Bonchev–Trinajstić information content (AvgIpc) is 3.38. The molecule has 2 spiro atoms. The fraction of sp³-hybridized carbons (Fsp3) is 0.517. The summed E-state index contributed by atoms with van der Waals surface area (Å²) in [4.78, 5) is 28.4. The quantitative estimate of drug-likeness (QED) is 0.432. The van der Waals surface area contributed by atoms with Crippen LogP contribution >= 0.6 is 23.2 Å². The van der Waals surface area contributed by atoms with E-state index in [2.05, 4.69) is 16.0 Å². The zero-order valence-corrected chi connectivity index (χ0v) is 23.0. The molecule has 2 aromatic carbocycles. The first-order valence-electron chi connectivity index (χ1n) is 13.7. The number of hydrogen-bond acceptors (Lipinski definition) is 5. The van der Waals surface area contributed by atoms with Crippen LogP contribution in [0.25, 0.3) is 0 Å². The van der Waals surface area contributed by atoms with Gasteiger partial charge in [0.15, 0.2) is 0 Å². The number of rotatable bonds is 4. The Hall–Kier alpha value is -2.23. The van der Waals surface area contributed by atoms with E-state index in [9.17, 15) is 14.7 Å². The number of hydrogen-bond donors (Lipinski definition) is 4. The highest BCUT2D eigenvalue weighted by molar-refractivity contribution is 6.31. The van der Waals surface area contributed by atoms with Crippen LogP contribution in [-0.4, -0.2) is 53.9 Å². The highest BCUT2D eigenvalue weighted by atomic mass is 35.5. The standard InChI is InChI=1S/C29H32Cl2FN3O4/c30-16-7-10-20-22(13-16)34-27(38)29(20)23(19-5-4-6-21(31)24(19)32)25(35-28(29)11-2-1-3-12-28)26(37)33-17-8-9-18(14-36)39-15-17/h4-7,10,13,17-18,23,25,35-36H,1-3,8-9,11-12,14-15H2,(H,33,37)(H,34,38)/t17-,18+,23+,25-,29-/m1/s1. The van der Waals surface area contributed by atoms with Gasteiger partial charge in [-0.2, -0.15) is 0 Å². The molecule has 208 valence electrons. The second-order valence-electron chi connectivity index (χ2n) is 11.3. The molecule has 4 aliphatic rings. The molecule has 1 saturated carbocycles. The third kappa shape index (κ3) is 4.18. The van der Waals surface area contributed by atoms with E-state index in [0.717, 1.165) is 24.8 Å². The highest BCUT2D eigenvalue weighted by Gasteiger charge is 2.72. The van der Waals surface area contributed by atoms with Crippen molar-refractivity contribution in [1.29, 1.82) is 0 Å². The number of amides is 2. The molecular weight excluding hydrogens is 544 g/mol. The minimum atomic E-state index is -1.26. The van der Waals surface area contributed by atoms with Crippen LogP contribution in [0.3, 0.4) is 0 Å². The fourth-order valence-electron chi connectivity index (χ4n) is 7.57. The lowest BCUT2D eigenvalue weighted by molar-refractivity contribution is -0.126. The monoisotopic (exact) mass is 575 g/mol. The van der Waals surface area contributed by atoms with Gasteiger partial charge in [-0.1, -0.05) is 60.7 Å². The van der Waals surface area contributed by atoms with Gasteiger partial charge in [-0.25, -0.2) is 4.39 Å². The van der Waals surface area contributed by atoms with Crippen LogP contribution in [0.5, 0.6) is 0 Å². The van der Waals surface area contributed by atoms with Crippen molar-refractivity contribution in [2.24, 2.45) is 0 Å². The van der Waals surface area contributed by atoms with Crippen molar-refractivity contribution in [1.82, 2.24) is 10.6 Å². The number of anilines is 1. The van der Waals surface area contributed by atoms with Crippen LogP contribution in [0.1, 0.15) is 62.0 Å². The second kappa shape index (κ2) is 10.3. The smallest absolute Gasteiger partial charge is 0.238 e. The molecule has 0 radical (unpaired) electrons. The summed E-state index contributed by atoms with van der Waals surface area (Å²) in [6, 6.07) is 8.91. The Kier molecular flexibility index (Phi) is 7.13. The van der Waals surface area contributed by atoms with E-state index in [1.165, 1.54) is 6.07 Å². The zero-order chi connectivity index (χ0) is 27.4. The Labute approximate surface area is 236 Å². The molecule has 7 nitrogen and oxygen atoms in total. The van der Waals surface area contributed by atoms with Crippen molar-refractivity contribution >= 4 is 40.7 Å². The zero-order valence-electron chi connectivity index (χ0n) is 21.4. The molecule has 3 heterocycles. The van der Waals surface area contributed by atoms with Crippen LogP contribution in [-0.2, 0) is 19.7 Å². The molecule has 0 aromatic heterocycles. The minimum Gasteiger partial charge on any atom is -0.394 e. The number of fused-ring (bicyclic) bond motifs is 3. The van der Waals surface area contributed by atoms with E-state index in [1.807, 2.05) is 6.07 Å². The molecule has 10 heteroatoms. The SMILES string of the molecule is O=C(N[C@@H]1CC[C@@H](CO)OC1)[C@@H]1NC2(CCCCC2)[C@@]2(C(=O)Nc3cc(Cl)ccc32)[C@H]1c1cccc(Cl)c1F. The Morgan fingerprint density at radius 2 is 1.95 bits per heavy atom. The van der Waals surface area contributed by atoms with Gasteiger partial charge in [-0.05, 0) is 55.0 Å². The normalized spacial score (nSPS) is 31.3. The summed E-state index contributed by atoms with van der Waals surface area (Å²) in [7, 11) is 0. The van der Waals surface area contributed by atoms with Gasteiger partial charge in [0.25, 0.3) is 0 Å². The largest absolute Gasteiger partial charge is 0.394 e. The molecule has 3 aliphatic heterocycles. The van der Waals surface area contributed by atoms with Crippen molar-refractivity contribution < 1.29 is 23.8 Å². The van der Waals surface area contributed by atoms with E-state index in [4.69, 9.17) is 27.9 Å². The van der Waals surface area contributed by atoms with Crippen molar-refractivity contribution in [2.75, 3.05) is 18.5 Å². The number of benzene rings is 2. The van der Waals surface area contributed by atoms with E-state index >= 15 is 4.39 Å². The lowest BCUT2D eigenvalue weighted by Crippen LogP contribution is -2.60. The summed E-state index contributed by atoms with van der Waals surface area (Å²) in [5.41, 5.74) is -0.496. The van der Waals surface area contributed by atoms with Gasteiger partial charge in [0.05, 0.1) is 36.4 Å². The van der Waals surface area contributed by atoms with E-state index in [1.54, 1.807) is 24.3 Å². The predicted molar refractivity (Wildman–Crippen MR) is 147 cm³/mol. The minimum absolute atomic E-state index is 0.0585. The maximum absolute atomic E-state index is 15.9. The number of ether oxygens (including phenoxy) is 1. The number of carbonyl (C=O) groups excluding carboxylic acids is 2. The van der Waals surface area contributed by atoms with Crippen molar-refractivity contribution in [2.45, 2.75) is 80.0 Å². The first kappa shape index (κ1) is 27.0. The summed E-state index contributed by atoms with van der Waals surface area (Å²) in [6.07, 6.45) is 5.13. The summed E-state index contributed by atoms with van der Waals surface area (Å²) in [6.45, 7) is 0.211. The molecule has 2 saturated heterocycles. The van der Waals surface area contributed by atoms with Crippen molar-refractivity contribution in [3.63, 3.8) is 0 Å². The van der Waals surface area contributed by atoms with E-state index in [0.29, 0.717) is 36.4 Å². The lowest BCUT2D eigenvalue weighted by atomic mass is 9.55. The molecule has 5 atom stereocenters. The number of nitrogens with one attached hydrogen (secondary N) is 3. The molecule has 4 N–H and O–H groups in total. The van der Waals surface area contributed by atoms with E-state index < -0.39 is 28.7 Å². The van der Waals surface area contributed by atoms with Crippen LogP contribution < -0.4 is 16.0 Å². The molecule has 3 fully saturated rings. The molecule has 6 rings (SSSR count). The number of carbonyl (C=O) groups is 2. The molecule has 2 amide bonds. The lowest BCUT2D eigenvalue weighted by Gasteiger charge is -2.47. The summed E-state index contributed by atoms with van der Waals surface area (Å²) < 4.78 is 21.6. The van der Waals surface area contributed by atoms with Crippen LogP contribution in [0.2, 0.25) is 10.0 Å². The predicted octanol–water partition coefficient (Wildman–Crippen LogP) is 4.44. The first-order valence-corrected chi connectivity index (χ1v) is 14.4. The number of aliphatic hydroxyl groups excluding tert-OH is 1. The molecule has 1 aliphatic carbocycles. The van der Waals surface area contributed by atoms with E-state index in [-0.39, 0.29) is 47.8 Å². The van der Waals surface area contributed by atoms with Crippen LogP contribution in [0.4, 0.5) is 10.1 Å². The van der Waals surface area contributed by atoms with Gasteiger partial charge in [-0.3, -0.25) is 14.9 Å². The molecule has 0 unspecified atom stereocenters. The third-order valence-corrected chi connectivity index (χ3v) is 9.75. The van der Waals surface area contributed by atoms with Crippen molar-refractivity contribution in [3.05, 3.63) is 63.4 Å². The maximum Gasteiger partial charge on any atom is 0.238 e. The van der Waals surface area contributed by atoms with Gasteiger partial charge in [-0.15, -0.1) is 0 Å². The van der Waals surface area contributed by atoms with Gasteiger partial charge in [0.2, 0.25) is 11.8 Å². The highest BCUT2D eigenvalue weighted by Crippen LogP contribution is 2.62. The molecule has 0 bridgehead atoms. The third-order valence-electron chi connectivity index (χ3n) is 9.23. The first-order chi connectivity index (χ1) is 18.8. The van der Waals surface area contributed by atoms with Crippen LogP contribution in [0, 0.1) is 5.82 Å². The topological polar surface area (TPSA) is 99.7 Å². The van der Waals surface area contributed by atoms with Gasteiger partial charge in [0, 0.05) is 22.2 Å². The maximum atomic E-state index is 15.9. The Bertz CT molecular complexity index is 1300. The van der Waals surface area contributed by atoms with Crippen LogP contribution in [0.15, 0.2) is 36.4 Å². The summed E-state index contributed by atoms with van der Waals surface area (Å²) >= 11 is 12.6. The Balaban J connectivity index is 1.50. The molecule has 39 heavy (non-hydrogen) atoms. The molecule has 2 aromatic rings. The van der Waals surface area contributed by atoms with Gasteiger partial charge < -0.3 is 20.5 Å². The average molecular weight is 576 g/mol. The Morgan fingerprint density at radius 1 is 1.15 bits per heavy atom. The number of aliphatic hydroxyl groups is 1. The number of halogens is 3. The van der Waals surface area contributed by atoms with Gasteiger partial charge >= 0.3 is 0 Å². The summed E-state index contributed by atoms with van der Waals surface area (Å²) in [5, 5.41) is 19.6. The van der Waals surface area contributed by atoms with Crippen molar-refractivity contribution in [3.8, 4) is 0 Å².